The van der Waals surface area contributed by atoms with Crippen LogP contribution in [0.25, 0.3) is 0 Å². The number of benzene rings is 1. The highest BCUT2D eigenvalue weighted by atomic mass is 32.2. The van der Waals surface area contributed by atoms with Gasteiger partial charge in [-0.25, -0.2) is 0 Å². The zero-order valence-corrected chi connectivity index (χ0v) is 14.9. The van der Waals surface area contributed by atoms with E-state index in [4.69, 9.17) is 4.74 Å². The summed E-state index contributed by atoms with van der Waals surface area (Å²) in [6.07, 6.45) is 1.32. The topological polar surface area (TPSA) is 88.1 Å². The number of rotatable bonds is 5. The molecule has 0 atom stereocenters. The molecule has 2 rings (SSSR count). The predicted octanol–water partition coefficient (Wildman–Crippen LogP) is 1.62. The van der Waals surface area contributed by atoms with E-state index in [1.165, 1.54) is 20.2 Å². The van der Waals surface area contributed by atoms with Crippen molar-refractivity contribution in [1.82, 2.24) is 9.62 Å². The lowest BCUT2D eigenvalue weighted by Crippen LogP contribution is -2.37. The van der Waals surface area contributed by atoms with Crippen molar-refractivity contribution >= 4 is 21.8 Å². The van der Waals surface area contributed by atoms with Crippen LogP contribution in [0.3, 0.4) is 0 Å². The van der Waals surface area contributed by atoms with Crippen LogP contribution in [0, 0.1) is 0 Å². The SMILES string of the molecule is COc1ccccc1CN1C=C(C(=O)NC(C)C)C(C)=NS1(=O)=O. The first-order chi connectivity index (χ1) is 11.2. The van der Waals surface area contributed by atoms with Crippen LogP contribution in [0.1, 0.15) is 26.3 Å². The highest BCUT2D eigenvalue weighted by Crippen LogP contribution is 2.24. The van der Waals surface area contributed by atoms with Crippen molar-refractivity contribution in [3.8, 4) is 5.75 Å². The number of methoxy groups -OCH3 is 1. The molecule has 1 amide bonds. The first-order valence-electron chi connectivity index (χ1n) is 7.48. The third-order valence-corrected chi connectivity index (χ3v) is 4.73. The molecule has 1 N–H and O–H groups in total. The number of amides is 1. The molecular weight excluding hydrogens is 330 g/mol. The van der Waals surface area contributed by atoms with Gasteiger partial charge in [0.2, 0.25) is 0 Å². The zero-order chi connectivity index (χ0) is 17.9. The highest BCUT2D eigenvalue weighted by Gasteiger charge is 2.28. The van der Waals surface area contributed by atoms with Crippen molar-refractivity contribution in [3.05, 3.63) is 41.6 Å². The Morgan fingerprint density at radius 2 is 2.00 bits per heavy atom. The summed E-state index contributed by atoms with van der Waals surface area (Å²) in [7, 11) is -2.36. The molecule has 1 aromatic rings. The minimum atomic E-state index is -3.88. The van der Waals surface area contributed by atoms with E-state index in [0.29, 0.717) is 11.3 Å². The standard InChI is InChI=1S/C16H21N3O4S/c1-11(2)17-16(20)14-10-19(24(21,22)18-12(14)3)9-13-7-5-6-8-15(13)23-4/h5-8,10-11H,9H2,1-4H3,(H,17,20). The molecule has 8 heteroatoms. The summed E-state index contributed by atoms with van der Waals surface area (Å²) in [5, 5.41) is 2.74. The quantitative estimate of drug-likeness (QED) is 0.873. The molecule has 0 unspecified atom stereocenters. The molecule has 0 bridgehead atoms. The molecule has 1 aliphatic heterocycles. The van der Waals surface area contributed by atoms with Gasteiger partial charge in [-0.05, 0) is 26.8 Å². The van der Waals surface area contributed by atoms with Gasteiger partial charge in [-0.3, -0.25) is 9.10 Å². The first-order valence-corrected chi connectivity index (χ1v) is 8.87. The Morgan fingerprint density at radius 3 is 2.62 bits per heavy atom. The van der Waals surface area contributed by atoms with E-state index in [9.17, 15) is 13.2 Å². The van der Waals surface area contributed by atoms with Gasteiger partial charge in [-0.15, -0.1) is 4.40 Å². The molecule has 0 saturated carbocycles. The maximum Gasteiger partial charge on any atom is 0.344 e. The normalized spacial score (nSPS) is 16.5. The molecule has 24 heavy (non-hydrogen) atoms. The van der Waals surface area contributed by atoms with Crippen LogP contribution in [0.15, 0.2) is 40.4 Å². The Bertz CT molecular complexity index is 797. The summed E-state index contributed by atoms with van der Waals surface area (Å²) in [6.45, 7) is 5.19. The number of hydrogen-bond donors (Lipinski definition) is 1. The Labute approximate surface area is 142 Å². The Hall–Kier alpha value is -2.35. The maximum atomic E-state index is 12.3. The number of nitrogens with one attached hydrogen (secondary N) is 1. The molecule has 1 aromatic carbocycles. The van der Waals surface area contributed by atoms with E-state index < -0.39 is 10.2 Å². The van der Waals surface area contributed by atoms with Gasteiger partial charge in [0.15, 0.2) is 0 Å². The van der Waals surface area contributed by atoms with Crippen molar-refractivity contribution in [3.63, 3.8) is 0 Å². The summed E-state index contributed by atoms with van der Waals surface area (Å²) in [5.41, 5.74) is 1.08. The molecule has 0 radical (unpaired) electrons. The van der Waals surface area contributed by atoms with E-state index in [2.05, 4.69) is 9.71 Å². The second-order valence-corrected chi connectivity index (χ2v) is 7.23. The minimum absolute atomic E-state index is 0.0294. The van der Waals surface area contributed by atoms with Crippen LogP contribution in [0.4, 0.5) is 0 Å². The number of ether oxygens (including phenoxy) is 1. The summed E-state index contributed by atoms with van der Waals surface area (Å²) >= 11 is 0. The number of para-hydroxylation sites is 1. The molecule has 7 nitrogen and oxygen atoms in total. The summed E-state index contributed by atoms with van der Waals surface area (Å²) in [4.78, 5) is 12.2. The lowest BCUT2D eigenvalue weighted by molar-refractivity contribution is -0.117. The van der Waals surface area contributed by atoms with Gasteiger partial charge in [-0.1, -0.05) is 18.2 Å². The van der Waals surface area contributed by atoms with E-state index in [1.54, 1.807) is 24.3 Å². The zero-order valence-electron chi connectivity index (χ0n) is 14.1. The van der Waals surface area contributed by atoms with Crippen LogP contribution >= 0.6 is 0 Å². The van der Waals surface area contributed by atoms with Gasteiger partial charge < -0.3 is 10.1 Å². The fourth-order valence-electron chi connectivity index (χ4n) is 2.27. The smallest absolute Gasteiger partial charge is 0.344 e. The van der Waals surface area contributed by atoms with Crippen LogP contribution < -0.4 is 10.1 Å². The first kappa shape index (κ1) is 18.0. The third-order valence-electron chi connectivity index (χ3n) is 3.39. The van der Waals surface area contributed by atoms with Gasteiger partial charge in [0.1, 0.15) is 5.75 Å². The van der Waals surface area contributed by atoms with Crippen LogP contribution in [0.5, 0.6) is 5.75 Å². The van der Waals surface area contributed by atoms with Crippen molar-refractivity contribution in [2.75, 3.05) is 7.11 Å². The Kier molecular flexibility index (Phi) is 5.28. The van der Waals surface area contributed by atoms with Gasteiger partial charge in [0.05, 0.1) is 24.9 Å². The summed E-state index contributed by atoms with van der Waals surface area (Å²) in [6, 6.07) is 7.04. The van der Waals surface area contributed by atoms with Gasteiger partial charge >= 0.3 is 10.2 Å². The van der Waals surface area contributed by atoms with Gasteiger partial charge in [0.25, 0.3) is 5.91 Å². The van der Waals surface area contributed by atoms with Crippen LogP contribution in [0.2, 0.25) is 0 Å². The lowest BCUT2D eigenvalue weighted by Gasteiger charge is -2.24. The van der Waals surface area contributed by atoms with E-state index in [1.807, 2.05) is 13.8 Å². The Morgan fingerprint density at radius 1 is 1.33 bits per heavy atom. The summed E-state index contributed by atoms with van der Waals surface area (Å²) < 4.78 is 34.6. The second kappa shape index (κ2) is 7.04. The average molecular weight is 351 g/mol. The predicted molar refractivity (Wildman–Crippen MR) is 91.9 cm³/mol. The van der Waals surface area contributed by atoms with Crippen LogP contribution in [-0.4, -0.2) is 37.5 Å². The molecule has 0 aliphatic carbocycles. The summed E-state index contributed by atoms with van der Waals surface area (Å²) in [5.74, 6) is 0.215. The molecule has 0 spiro atoms. The fourth-order valence-corrected chi connectivity index (χ4v) is 3.36. The van der Waals surface area contributed by atoms with Crippen molar-refractivity contribution < 1.29 is 17.9 Å². The number of nitrogens with zero attached hydrogens (tertiary/aromatic N) is 2. The van der Waals surface area contributed by atoms with E-state index in [0.717, 1.165) is 4.31 Å². The molecule has 130 valence electrons. The van der Waals surface area contributed by atoms with E-state index in [-0.39, 0.29) is 29.8 Å². The van der Waals surface area contributed by atoms with Gasteiger partial charge in [-0.2, -0.15) is 8.42 Å². The maximum absolute atomic E-state index is 12.3. The number of carbonyl (C=O) groups excluding carboxylic acids is 1. The lowest BCUT2D eigenvalue weighted by atomic mass is 10.1. The molecule has 0 aromatic heterocycles. The van der Waals surface area contributed by atoms with E-state index >= 15 is 0 Å². The third kappa shape index (κ3) is 3.94. The molecular formula is C16H21N3O4S. The minimum Gasteiger partial charge on any atom is -0.496 e. The molecule has 1 aliphatic rings. The molecule has 1 heterocycles. The number of hydrogen-bond acceptors (Lipinski definition) is 4. The highest BCUT2D eigenvalue weighted by molar-refractivity contribution is 7.88. The molecule has 0 saturated heterocycles. The number of carbonyl (C=O) groups is 1. The average Bonchev–Trinajstić information content (AvgIpc) is 2.49. The molecule has 0 fully saturated rings. The fraction of sp³-hybridized carbons (Fsp3) is 0.375. The van der Waals surface area contributed by atoms with Crippen molar-refractivity contribution in [1.29, 1.82) is 0 Å². The largest absolute Gasteiger partial charge is 0.496 e. The van der Waals surface area contributed by atoms with Gasteiger partial charge in [0, 0.05) is 17.8 Å². The monoisotopic (exact) mass is 351 g/mol. The van der Waals surface area contributed by atoms with Crippen molar-refractivity contribution in [2.45, 2.75) is 33.4 Å². The second-order valence-electron chi connectivity index (χ2n) is 5.68. The van der Waals surface area contributed by atoms with Crippen LogP contribution in [-0.2, 0) is 21.5 Å². The Balaban J connectivity index is 2.36. The van der Waals surface area contributed by atoms with Crippen molar-refractivity contribution in [2.24, 2.45) is 4.40 Å².